The molecule has 0 aliphatic carbocycles. The molecule has 96 valence electrons. The minimum atomic E-state index is -5.63. The topological polar surface area (TPSA) is 61.2 Å². The number of halogens is 3. The molecule has 2 heterocycles. The van der Waals surface area contributed by atoms with Crippen LogP contribution in [0.4, 0.5) is 13.2 Å². The lowest BCUT2D eigenvalue weighted by Crippen LogP contribution is -2.28. The summed E-state index contributed by atoms with van der Waals surface area (Å²) in [5.74, 6) is -0.528. The smallest absolute Gasteiger partial charge is 0.354 e. The molecule has 0 N–H and O–H groups in total. The predicted octanol–water partition coefficient (Wildman–Crippen LogP) is 1.45. The zero-order valence-corrected chi connectivity index (χ0v) is 9.38. The summed E-state index contributed by atoms with van der Waals surface area (Å²) >= 11 is 0. The van der Waals surface area contributed by atoms with Crippen LogP contribution in [-0.4, -0.2) is 23.7 Å². The molecule has 1 aromatic heterocycles. The van der Waals surface area contributed by atoms with Gasteiger partial charge in [-0.1, -0.05) is 0 Å². The molecule has 1 aliphatic heterocycles. The van der Waals surface area contributed by atoms with Gasteiger partial charge in [0, 0.05) is 18.3 Å². The molecule has 2 rings (SSSR count). The second-order valence-corrected chi connectivity index (χ2v) is 5.18. The molecule has 0 unspecified atom stereocenters. The van der Waals surface area contributed by atoms with E-state index in [-0.39, 0.29) is 0 Å². The summed E-state index contributed by atoms with van der Waals surface area (Å²) in [4.78, 5) is 0. The van der Waals surface area contributed by atoms with E-state index in [1.54, 1.807) is 0 Å². The van der Waals surface area contributed by atoms with Crippen molar-refractivity contribution < 1.29 is 25.8 Å². The summed E-state index contributed by atoms with van der Waals surface area (Å²) in [6, 6.07) is 1.22. The van der Waals surface area contributed by atoms with Crippen LogP contribution in [0.25, 0.3) is 0 Å². The number of aromatic nitrogens is 2. The zero-order chi connectivity index (χ0) is 12.7. The first-order chi connectivity index (χ1) is 7.79. The third-order valence-corrected chi connectivity index (χ3v) is 3.33. The van der Waals surface area contributed by atoms with Gasteiger partial charge in [-0.3, -0.25) is 4.68 Å². The summed E-state index contributed by atoms with van der Waals surface area (Å²) in [5, 5.41) is 3.66. The Hall–Kier alpha value is -1.25. The molecule has 0 aromatic carbocycles. The summed E-state index contributed by atoms with van der Waals surface area (Å²) in [6.07, 6.45) is 2.42. The lowest BCUT2D eigenvalue weighted by molar-refractivity contribution is -0.0501. The van der Waals surface area contributed by atoms with Crippen LogP contribution in [0.15, 0.2) is 6.07 Å². The number of aryl methyl sites for hydroxylation is 2. The minimum Gasteiger partial charge on any atom is -0.354 e. The molecule has 5 nitrogen and oxygen atoms in total. The fraction of sp³-hybridized carbons (Fsp3) is 0.625. The van der Waals surface area contributed by atoms with Gasteiger partial charge >= 0.3 is 15.6 Å². The van der Waals surface area contributed by atoms with Crippen LogP contribution in [0.3, 0.4) is 0 Å². The van der Waals surface area contributed by atoms with Crippen molar-refractivity contribution in [1.82, 2.24) is 9.78 Å². The van der Waals surface area contributed by atoms with Gasteiger partial charge in [-0.05, 0) is 19.3 Å². The maximum absolute atomic E-state index is 12.1. The molecule has 17 heavy (non-hydrogen) atoms. The Morgan fingerprint density at radius 2 is 2.06 bits per heavy atom. The zero-order valence-electron chi connectivity index (χ0n) is 8.57. The van der Waals surface area contributed by atoms with Crippen molar-refractivity contribution >= 4 is 10.1 Å². The summed E-state index contributed by atoms with van der Waals surface area (Å²) < 4.78 is 63.0. The lowest BCUT2D eigenvalue weighted by atomic mass is 10.1. The summed E-state index contributed by atoms with van der Waals surface area (Å²) in [7, 11) is -5.63. The first-order valence-electron chi connectivity index (χ1n) is 4.87. The summed E-state index contributed by atoms with van der Waals surface area (Å²) in [5.41, 5.74) is -4.75. The molecule has 0 fully saturated rings. The molecule has 0 saturated heterocycles. The van der Waals surface area contributed by atoms with Gasteiger partial charge in [0.05, 0.1) is 0 Å². The largest absolute Gasteiger partial charge is 0.534 e. The van der Waals surface area contributed by atoms with Gasteiger partial charge in [0.1, 0.15) is 0 Å². The van der Waals surface area contributed by atoms with E-state index >= 15 is 0 Å². The number of hydrogen-bond donors (Lipinski definition) is 0. The standard InChI is InChI=1S/C8H9F3N2O3S/c9-8(10,11)17(14,15)16-7-5-6-3-1-2-4-13(6)12-7/h5H,1-4H2. The summed E-state index contributed by atoms with van der Waals surface area (Å²) in [6.45, 7) is 0.560. The highest BCUT2D eigenvalue weighted by Crippen LogP contribution is 2.27. The van der Waals surface area contributed by atoms with Crippen LogP contribution in [0, 0.1) is 0 Å². The average molecular weight is 270 g/mol. The van der Waals surface area contributed by atoms with Crippen molar-refractivity contribution in [3.05, 3.63) is 11.8 Å². The van der Waals surface area contributed by atoms with Crippen molar-refractivity contribution in [3.8, 4) is 5.88 Å². The van der Waals surface area contributed by atoms with Gasteiger partial charge < -0.3 is 4.18 Å². The van der Waals surface area contributed by atoms with Crippen molar-refractivity contribution in [2.45, 2.75) is 31.3 Å². The Balaban J connectivity index is 2.23. The quantitative estimate of drug-likeness (QED) is 0.602. The second-order valence-electron chi connectivity index (χ2n) is 3.64. The highest BCUT2D eigenvalue weighted by atomic mass is 32.2. The maximum atomic E-state index is 12.1. The molecule has 0 saturated carbocycles. The van der Waals surface area contributed by atoms with Gasteiger partial charge in [0.25, 0.3) is 5.88 Å². The number of hydrogen-bond acceptors (Lipinski definition) is 4. The molecular weight excluding hydrogens is 261 g/mol. The molecule has 0 amide bonds. The molecule has 1 aliphatic rings. The first kappa shape index (κ1) is 12.2. The first-order valence-corrected chi connectivity index (χ1v) is 6.28. The Morgan fingerprint density at radius 3 is 2.65 bits per heavy atom. The third kappa shape index (κ3) is 2.38. The molecule has 0 bridgehead atoms. The Labute approximate surface area is 95.3 Å². The van der Waals surface area contributed by atoms with Crippen LogP contribution < -0.4 is 4.18 Å². The van der Waals surface area contributed by atoms with Gasteiger partial charge in [-0.15, -0.1) is 5.10 Å². The van der Waals surface area contributed by atoms with Crippen molar-refractivity contribution in [3.63, 3.8) is 0 Å². The van der Waals surface area contributed by atoms with E-state index in [0.29, 0.717) is 18.7 Å². The number of rotatable bonds is 2. The minimum absolute atomic E-state index is 0.528. The van der Waals surface area contributed by atoms with E-state index in [2.05, 4.69) is 9.28 Å². The normalized spacial score (nSPS) is 16.6. The molecule has 0 radical (unpaired) electrons. The fourth-order valence-electron chi connectivity index (χ4n) is 1.59. The Bertz CT molecular complexity index is 497. The number of alkyl halides is 3. The highest BCUT2D eigenvalue weighted by molar-refractivity contribution is 7.87. The van der Waals surface area contributed by atoms with E-state index in [1.807, 2.05) is 0 Å². The molecule has 1 aromatic rings. The van der Waals surface area contributed by atoms with Crippen LogP contribution in [-0.2, 0) is 23.1 Å². The predicted molar refractivity (Wildman–Crippen MR) is 50.8 cm³/mol. The van der Waals surface area contributed by atoms with Crippen LogP contribution in [0.1, 0.15) is 18.5 Å². The van der Waals surface area contributed by atoms with Gasteiger partial charge in [0.2, 0.25) is 0 Å². The van der Waals surface area contributed by atoms with E-state index in [9.17, 15) is 21.6 Å². The Kier molecular flexibility index (Phi) is 2.80. The number of fused-ring (bicyclic) bond motifs is 1. The van der Waals surface area contributed by atoms with Crippen molar-refractivity contribution in [2.24, 2.45) is 0 Å². The van der Waals surface area contributed by atoms with Gasteiger partial charge in [-0.2, -0.15) is 21.6 Å². The third-order valence-electron chi connectivity index (χ3n) is 2.37. The lowest BCUT2D eigenvalue weighted by Gasteiger charge is -2.11. The maximum Gasteiger partial charge on any atom is 0.534 e. The molecule has 0 spiro atoms. The van der Waals surface area contributed by atoms with E-state index in [0.717, 1.165) is 12.8 Å². The molecule has 0 atom stereocenters. The van der Waals surface area contributed by atoms with E-state index < -0.39 is 21.5 Å². The second kappa shape index (κ2) is 3.90. The molecular formula is C8H9F3N2O3S. The molecule has 9 heteroatoms. The van der Waals surface area contributed by atoms with E-state index in [4.69, 9.17) is 0 Å². The van der Waals surface area contributed by atoms with E-state index in [1.165, 1.54) is 10.7 Å². The highest BCUT2D eigenvalue weighted by Gasteiger charge is 2.49. The van der Waals surface area contributed by atoms with Crippen LogP contribution >= 0.6 is 0 Å². The van der Waals surface area contributed by atoms with Crippen molar-refractivity contribution in [2.75, 3.05) is 0 Å². The SMILES string of the molecule is O=S(=O)(Oc1cc2n(n1)CCCC2)C(F)(F)F. The van der Waals surface area contributed by atoms with Gasteiger partial charge in [-0.25, -0.2) is 0 Å². The van der Waals surface area contributed by atoms with Crippen LogP contribution in [0.2, 0.25) is 0 Å². The van der Waals surface area contributed by atoms with Crippen LogP contribution in [0.5, 0.6) is 5.88 Å². The number of nitrogens with zero attached hydrogens (tertiary/aromatic N) is 2. The Morgan fingerprint density at radius 1 is 1.35 bits per heavy atom. The van der Waals surface area contributed by atoms with Gasteiger partial charge in [0.15, 0.2) is 0 Å². The fourth-order valence-corrected chi connectivity index (χ4v) is 1.99. The average Bonchev–Trinajstić information content (AvgIpc) is 2.56. The monoisotopic (exact) mass is 270 g/mol. The van der Waals surface area contributed by atoms with Crippen molar-refractivity contribution in [1.29, 1.82) is 0 Å².